The van der Waals surface area contributed by atoms with Crippen molar-refractivity contribution in [3.8, 4) is 17.2 Å². The van der Waals surface area contributed by atoms with Crippen LogP contribution in [0.2, 0.25) is 0 Å². The monoisotopic (exact) mass is 356 g/mol. The van der Waals surface area contributed by atoms with Gasteiger partial charge in [-0.15, -0.1) is 0 Å². The number of benzene rings is 2. The number of para-hydroxylation sites is 2. The molecule has 0 saturated carbocycles. The molecule has 0 unspecified atom stereocenters. The maximum atomic E-state index is 12.4. The summed E-state index contributed by atoms with van der Waals surface area (Å²) in [4.78, 5) is 24.7. The molecular weight excluding hydrogens is 336 g/mol. The summed E-state index contributed by atoms with van der Waals surface area (Å²) in [7, 11) is 0. The Morgan fingerprint density at radius 2 is 1.81 bits per heavy atom. The van der Waals surface area contributed by atoms with Gasteiger partial charge in [0.2, 0.25) is 11.9 Å². The van der Waals surface area contributed by atoms with Gasteiger partial charge in [-0.1, -0.05) is 12.1 Å². The third-order valence-electron chi connectivity index (χ3n) is 3.88. The topological polar surface area (TPSA) is 71.1 Å². The van der Waals surface area contributed by atoms with Gasteiger partial charge in [-0.3, -0.25) is 4.79 Å². The summed E-state index contributed by atoms with van der Waals surface area (Å²) in [6.07, 6.45) is -1.83. The van der Waals surface area contributed by atoms with Crippen molar-refractivity contribution in [3.63, 3.8) is 0 Å². The van der Waals surface area contributed by atoms with Crippen LogP contribution in [0.25, 0.3) is 0 Å². The zero-order valence-electron chi connectivity index (χ0n) is 14.6. The number of rotatable bonds is 6. The molecule has 1 aliphatic heterocycles. The third kappa shape index (κ3) is 3.96. The Hall–Kier alpha value is -3.02. The highest BCUT2D eigenvalue weighted by Gasteiger charge is 2.31. The van der Waals surface area contributed by atoms with Gasteiger partial charge in [0.25, 0.3) is 0 Å². The standard InChI is InChI=1S/C20H20O6/c1-3-23-15-10-8-14(9-11-15)19(21)13(2)25-20(22)18-12-24-16-6-4-5-7-17(16)26-18/h4-11,13,18H,3,12H2,1-2H3/t13-,18-/m1/s1. The highest BCUT2D eigenvalue weighted by atomic mass is 16.6. The van der Waals surface area contributed by atoms with Crippen molar-refractivity contribution in [1.29, 1.82) is 0 Å². The molecule has 1 heterocycles. The maximum absolute atomic E-state index is 12.4. The number of hydrogen-bond acceptors (Lipinski definition) is 6. The predicted molar refractivity (Wildman–Crippen MR) is 93.8 cm³/mol. The van der Waals surface area contributed by atoms with Crippen LogP contribution in [0.5, 0.6) is 17.2 Å². The molecule has 0 N–H and O–H groups in total. The van der Waals surface area contributed by atoms with Crippen molar-refractivity contribution in [2.24, 2.45) is 0 Å². The van der Waals surface area contributed by atoms with Crippen molar-refractivity contribution in [2.45, 2.75) is 26.1 Å². The van der Waals surface area contributed by atoms with Crippen LogP contribution in [0.4, 0.5) is 0 Å². The summed E-state index contributed by atoms with van der Waals surface area (Å²) in [6.45, 7) is 4.01. The van der Waals surface area contributed by atoms with E-state index in [1.807, 2.05) is 13.0 Å². The van der Waals surface area contributed by atoms with Crippen LogP contribution < -0.4 is 14.2 Å². The number of carbonyl (C=O) groups is 2. The fourth-order valence-corrected chi connectivity index (χ4v) is 2.56. The Bertz CT molecular complexity index is 783. The zero-order valence-corrected chi connectivity index (χ0v) is 14.6. The zero-order chi connectivity index (χ0) is 18.5. The van der Waals surface area contributed by atoms with Crippen molar-refractivity contribution in [2.75, 3.05) is 13.2 Å². The van der Waals surface area contributed by atoms with Gasteiger partial charge >= 0.3 is 5.97 Å². The van der Waals surface area contributed by atoms with Crippen LogP contribution in [0, 0.1) is 0 Å². The quantitative estimate of drug-likeness (QED) is 0.585. The minimum absolute atomic E-state index is 0.0415. The number of hydrogen-bond donors (Lipinski definition) is 0. The van der Waals surface area contributed by atoms with E-state index in [9.17, 15) is 9.59 Å². The summed E-state index contributed by atoms with van der Waals surface area (Å²) < 4.78 is 21.7. The molecule has 6 nitrogen and oxygen atoms in total. The molecule has 136 valence electrons. The van der Waals surface area contributed by atoms with Gasteiger partial charge in [0.15, 0.2) is 17.6 Å². The first-order chi connectivity index (χ1) is 12.6. The van der Waals surface area contributed by atoms with E-state index >= 15 is 0 Å². The molecule has 6 heteroatoms. The summed E-state index contributed by atoms with van der Waals surface area (Å²) in [5.41, 5.74) is 0.444. The van der Waals surface area contributed by atoms with Crippen LogP contribution in [0.3, 0.4) is 0 Å². The molecule has 0 amide bonds. The second-order valence-corrected chi connectivity index (χ2v) is 5.76. The molecule has 0 aliphatic carbocycles. The average molecular weight is 356 g/mol. The Balaban J connectivity index is 1.59. The van der Waals surface area contributed by atoms with E-state index in [0.29, 0.717) is 29.4 Å². The molecule has 0 radical (unpaired) electrons. The predicted octanol–water partition coefficient (Wildman–Crippen LogP) is 3.04. The molecule has 1 aliphatic rings. The van der Waals surface area contributed by atoms with E-state index in [0.717, 1.165) is 0 Å². The second kappa shape index (κ2) is 7.91. The smallest absolute Gasteiger partial charge is 0.351 e. The Morgan fingerprint density at radius 1 is 1.12 bits per heavy atom. The lowest BCUT2D eigenvalue weighted by Crippen LogP contribution is -2.40. The first-order valence-electron chi connectivity index (χ1n) is 8.44. The molecular formula is C20H20O6. The summed E-state index contributed by atoms with van der Waals surface area (Å²) >= 11 is 0. The average Bonchev–Trinajstić information content (AvgIpc) is 2.67. The molecule has 0 spiro atoms. The van der Waals surface area contributed by atoms with Crippen LogP contribution >= 0.6 is 0 Å². The van der Waals surface area contributed by atoms with E-state index in [2.05, 4.69) is 0 Å². The fraction of sp³-hybridized carbons (Fsp3) is 0.300. The van der Waals surface area contributed by atoms with Gasteiger partial charge in [-0.2, -0.15) is 0 Å². The lowest BCUT2D eigenvalue weighted by atomic mass is 10.1. The Kier molecular flexibility index (Phi) is 5.41. The van der Waals surface area contributed by atoms with Gasteiger partial charge in [-0.05, 0) is 50.2 Å². The molecule has 0 saturated heterocycles. The molecule has 0 bridgehead atoms. The largest absolute Gasteiger partial charge is 0.494 e. The molecule has 0 aromatic heterocycles. The SMILES string of the molecule is CCOc1ccc(C(=O)[C@@H](C)OC(=O)[C@H]2COc3ccccc3O2)cc1. The summed E-state index contributed by atoms with van der Waals surface area (Å²) in [5, 5.41) is 0. The molecule has 2 atom stereocenters. The van der Waals surface area contributed by atoms with E-state index in [1.54, 1.807) is 42.5 Å². The van der Waals surface area contributed by atoms with Crippen LogP contribution in [0.15, 0.2) is 48.5 Å². The van der Waals surface area contributed by atoms with E-state index in [-0.39, 0.29) is 12.4 Å². The molecule has 3 rings (SSSR count). The molecule has 2 aromatic carbocycles. The second-order valence-electron chi connectivity index (χ2n) is 5.76. The number of esters is 1. The number of Topliss-reactive ketones (excluding diaryl/α,β-unsaturated/α-hetero) is 1. The molecule has 0 fully saturated rings. The van der Waals surface area contributed by atoms with Crippen molar-refractivity contribution < 1.29 is 28.5 Å². The first-order valence-corrected chi connectivity index (χ1v) is 8.44. The Morgan fingerprint density at radius 3 is 2.50 bits per heavy atom. The number of ketones is 1. The Labute approximate surface area is 151 Å². The van der Waals surface area contributed by atoms with Crippen molar-refractivity contribution >= 4 is 11.8 Å². The van der Waals surface area contributed by atoms with Gasteiger partial charge in [0, 0.05) is 5.56 Å². The summed E-state index contributed by atoms with van der Waals surface area (Å²) in [5.74, 6) is 0.811. The molecule has 2 aromatic rings. The summed E-state index contributed by atoms with van der Waals surface area (Å²) in [6, 6.07) is 13.8. The first kappa shape index (κ1) is 17.8. The number of ether oxygens (including phenoxy) is 4. The van der Waals surface area contributed by atoms with E-state index in [4.69, 9.17) is 18.9 Å². The lowest BCUT2D eigenvalue weighted by Gasteiger charge is -2.25. The van der Waals surface area contributed by atoms with E-state index < -0.39 is 18.2 Å². The minimum Gasteiger partial charge on any atom is -0.494 e. The maximum Gasteiger partial charge on any atom is 0.351 e. The fourth-order valence-electron chi connectivity index (χ4n) is 2.56. The van der Waals surface area contributed by atoms with Gasteiger partial charge in [0.05, 0.1) is 6.61 Å². The highest BCUT2D eigenvalue weighted by molar-refractivity contribution is 6.00. The van der Waals surface area contributed by atoms with Crippen LogP contribution in [-0.2, 0) is 9.53 Å². The highest BCUT2D eigenvalue weighted by Crippen LogP contribution is 2.31. The number of fused-ring (bicyclic) bond motifs is 1. The van der Waals surface area contributed by atoms with Gasteiger partial charge < -0.3 is 18.9 Å². The van der Waals surface area contributed by atoms with E-state index in [1.165, 1.54) is 6.92 Å². The van der Waals surface area contributed by atoms with Crippen LogP contribution in [-0.4, -0.2) is 37.2 Å². The minimum atomic E-state index is -0.929. The van der Waals surface area contributed by atoms with Crippen LogP contribution in [0.1, 0.15) is 24.2 Å². The van der Waals surface area contributed by atoms with Gasteiger partial charge in [0.1, 0.15) is 12.4 Å². The van der Waals surface area contributed by atoms with Crippen molar-refractivity contribution in [3.05, 3.63) is 54.1 Å². The third-order valence-corrected chi connectivity index (χ3v) is 3.88. The van der Waals surface area contributed by atoms with Crippen molar-refractivity contribution in [1.82, 2.24) is 0 Å². The normalized spacial score (nSPS) is 16.5. The van der Waals surface area contributed by atoms with Gasteiger partial charge in [-0.25, -0.2) is 4.79 Å². The molecule has 26 heavy (non-hydrogen) atoms. The lowest BCUT2D eigenvalue weighted by molar-refractivity contribution is -0.157. The number of carbonyl (C=O) groups excluding carboxylic acids is 2.